The zero-order valence-corrected chi connectivity index (χ0v) is 16.4. The molecule has 3 rings (SSSR count). The van der Waals surface area contributed by atoms with Gasteiger partial charge in [-0.1, -0.05) is 26.0 Å². The number of guanidine groups is 1. The Morgan fingerprint density at radius 2 is 2.26 bits per heavy atom. The van der Waals surface area contributed by atoms with Crippen molar-refractivity contribution in [3.63, 3.8) is 0 Å². The van der Waals surface area contributed by atoms with Gasteiger partial charge in [0.05, 0.1) is 6.54 Å². The Hall–Kier alpha value is -2.57. The van der Waals surface area contributed by atoms with Crippen molar-refractivity contribution in [1.29, 1.82) is 0 Å². The highest BCUT2D eigenvalue weighted by atomic mass is 16.3. The maximum atomic E-state index is 9.56. The van der Waals surface area contributed by atoms with Crippen molar-refractivity contribution in [3.8, 4) is 5.75 Å². The molecule has 1 aliphatic rings. The molecular weight excluding hydrogens is 340 g/mol. The van der Waals surface area contributed by atoms with Crippen molar-refractivity contribution in [1.82, 2.24) is 25.4 Å². The van der Waals surface area contributed by atoms with Crippen LogP contribution in [0.5, 0.6) is 5.75 Å². The highest BCUT2D eigenvalue weighted by molar-refractivity contribution is 5.80. The molecule has 146 valence electrons. The van der Waals surface area contributed by atoms with Crippen LogP contribution >= 0.6 is 0 Å². The van der Waals surface area contributed by atoms with E-state index in [1.165, 1.54) is 0 Å². The van der Waals surface area contributed by atoms with Crippen LogP contribution in [-0.2, 0) is 19.4 Å². The van der Waals surface area contributed by atoms with Crippen LogP contribution in [0.4, 0.5) is 0 Å². The summed E-state index contributed by atoms with van der Waals surface area (Å²) in [6.45, 7) is 8.61. The summed E-state index contributed by atoms with van der Waals surface area (Å²) in [5, 5.41) is 21.1. The number of aromatic nitrogens is 3. The summed E-state index contributed by atoms with van der Waals surface area (Å²) in [5.74, 6) is 3.49. The summed E-state index contributed by atoms with van der Waals surface area (Å²) < 4.78 is 2.03. The molecule has 2 aromatic rings. The number of aryl methyl sites for hydroxylation is 1. The molecule has 2 heterocycles. The van der Waals surface area contributed by atoms with Gasteiger partial charge in [-0.2, -0.15) is 5.10 Å². The van der Waals surface area contributed by atoms with E-state index in [1.54, 1.807) is 12.1 Å². The maximum Gasteiger partial charge on any atom is 0.191 e. The molecule has 7 nitrogen and oxygen atoms in total. The maximum absolute atomic E-state index is 9.56. The Balaban J connectivity index is 1.58. The number of fused-ring (bicyclic) bond motifs is 1. The van der Waals surface area contributed by atoms with Crippen LogP contribution in [0.2, 0.25) is 0 Å². The van der Waals surface area contributed by atoms with Crippen LogP contribution in [0.15, 0.2) is 29.3 Å². The van der Waals surface area contributed by atoms with E-state index in [9.17, 15) is 5.11 Å². The van der Waals surface area contributed by atoms with Gasteiger partial charge in [0, 0.05) is 31.5 Å². The number of aliphatic imine (C=N–C) groups is 1. The Bertz CT molecular complexity index is 783. The van der Waals surface area contributed by atoms with Gasteiger partial charge in [-0.15, -0.1) is 0 Å². The van der Waals surface area contributed by atoms with Crippen molar-refractivity contribution in [2.45, 2.75) is 58.5 Å². The van der Waals surface area contributed by atoms with Crippen LogP contribution in [0, 0.1) is 0 Å². The second kappa shape index (κ2) is 8.88. The number of nitrogens with one attached hydrogen (secondary N) is 2. The summed E-state index contributed by atoms with van der Waals surface area (Å²) >= 11 is 0. The lowest BCUT2D eigenvalue weighted by molar-refractivity contribution is 0.391. The summed E-state index contributed by atoms with van der Waals surface area (Å²) in [6, 6.07) is 7.63. The van der Waals surface area contributed by atoms with E-state index < -0.39 is 0 Å². The third-order valence-electron chi connectivity index (χ3n) is 4.66. The summed E-state index contributed by atoms with van der Waals surface area (Å²) in [7, 11) is 0. The molecule has 0 radical (unpaired) electrons. The van der Waals surface area contributed by atoms with Gasteiger partial charge >= 0.3 is 0 Å². The van der Waals surface area contributed by atoms with Gasteiger partial charge in [-0.25, -0.2) is 9.67 Å². The van der Waals surface area contributed by atoms with Gasteiger partial charge in [-0.05, 0) is 37.5 Å². The van der Waals surface area contributed by atoms with E-state index in [4.69, 9.17) is 0 Å². The van der Waals surface area contributed by atoms with Gasteiger partial charge < -0.3 is 15.7 Å². The molecular formula is C20H30N6O. The van der Waals surface area contributed by atoms with Gasteiger partial charge in [0.15, 0.2) is 11.8 Å². The first-order valence-electron chi connectivity index (χ1n) is 9.81. The lowest BCUT2D eigenvalue weighted by Crippen LogP contribution is -2.47. The molecule has 0 aliphatic carbocycles. The normalized spacial score (nSPS) is 17.0. The number of phenols is 1. The Kier molecular flexibility index (Phi) is 6.32. The Morgan fingerprint density at radius 3 is 3.00 bits per heavy atom. The molecule has 0 bridgehead atoms. The lowest BCUT2D eigenvalue weighted by Gasteiger charge is -2.25. The van der Waals surface area contributed by atoms with E-state index in [0.29, 0.717) is 18.2 Å². The molecule has 1 aromatic carbocycles. The van der Waals surface area contributed by atoms with Gasteiger partial charge in [0.1, 0.15) is 11.6 Å². The zero-order chi connectivity index (χ0) is 19.2. The first-order valence-corrected chi connectivity index (χ1v) is 9.81. The number of nitrogens with zero attached hydrogens (tertiary/aromatic N) is 4. The predicted octanol–water partition coefficient (Wildman–Crippen LogP) is 2.22. The highest BCUT2D eigenvalue weighted by Gasteiger charge is 2.23. The van der Waals surface area contributed by atoms with Crippen LogP contribution in [0.25, 0.3) is 0 Å². The largest absolute Gasteiger partial charge is 0.508 e. The minimum Gasteiger partial charge on any atom is -0.508 e. The number of hydrogen-bond acceptors (Lipinski definition) is 4. The van der Waals surface area contributed by atoms with Crippen molar-refractivity contribution in [2.24, 2.45) is 4.99 Å². The van der Waals surface area contributed by atoms with E-state index >= 15 is 0 Å². The molecule has 0 saturated carbocycles. The van der Waals surface area contributed by atoms with Crippen LogP contribution in [0.1, 0.15) is 50.3 Å². The van der Waals surface area contributed by atoms with E-state index in [-0.39, 0.29) is 6.04 Å². The molecule has 1 aromatic heterocycles. The molecule has 0 saturated heterocycles. The molecule has 3 N–H and O–H groups in total. The number of benzene rings is 1. The van der Waals surface area contributed by atoms with Gasteiger partial charge in [0.25, 0.3) is 0 Å². The molecule has 0 spiro atoms. The lowest BCUT2D eigenvalue weighted by atomic mass is 10.1. The monoisotopic (exact) mass is 370 g/mol. The topological polar surface area (TPSA) is 87.4 Å². The number of rotatable bonds is 6. The Labute approximate surface area is 160 Å². The number of aromatic hydroxyl groups is 1. The fraction of sp³-hybridized carbons (Fsp3) is 0.550. The molecule has 27 heavy (non-hydrogen) atoms. The van der Waals surface area contributed by atoms with Crippen molar-refractivity contribution < 1.29 is 5.11 Å². The second-order valence-electron chi connectivity index (χ2n) is 7.28. The van der Waals surface area contributed by atoms with Crippen LogP contribution < -0.4 is 10.6 Å². The van der Waals surface area contributed by atoms with E-state index in [1.807, 2.05) is 16.8 Å². The van der Waals surface area contributed by atoms with Crippen molar-refractivity contribution in [3.05, 3.63) is 41.5 Å². The average molecular weight is 371 g/mol. The van der Waals surface area contributed by atoms with Crippen LogP contribution in [0.3, 0.4) is 0 Å². The summed E-state index contributed by atoms with van der Waals surface area (Å²) in [5.41, 5.74) is 1.08. The summed E-state index contributed by atoms with van der Waals surface area (Å²) in [4.78, 5) is 9.34. The standard InChI is InChI=1S/C20H30N6O/c1-4-21-20(22-11-10-15-6-5-7-17(27)12-15)23-16-8-9-18-24-19(14(2)3)25-26(18)13-16/h5-7,12,14,16,27H,4,8-11,13H2,1-3H3,(H2,21,22,23). The molecule has 7 heteroatoms. The Morgan fingerprint density at radius 1 is 1.41 bits per heavy atom. The predicted molar refractivity (Wildman–Crippen MR) is 107 cm³/mol. The molecule has 1 atom stereocenters. The number of phenolic OH excluding ortho intramolecular Hbond substituents is 1. The third-order valence-corrected chi connectivity index (χ3v) is 4.66. The van der Waals surface area contributed by atoms with Crippen LogP contribution in [-0.4, -0.2) is 45.0 Å². The average Bonchev–Trinajstić information content (AvgIpc) is 3.06. The smallest absolute Gasteiger partial charge is 0.191 e. The first kappa shape index (κ1) is 19.2. The number of hydrogen-bond donors (Lipinski definition) is 3. The molecule has 0 fully saturated rings. The minimum atomic E-state index is 0.290. The zero-order valence-electron chi connectivity index (χ0n) is 16.4. The van der Waals surface area contributed by atoms with E-state index in [2.05, 4.69) is 46.5 Å². The van der Waals surface area contributed by atoms with Crippen molar-refractivity contribution in [2.75, 3.05) is 13.1 Å². The quantitative estimate of drug-likeness (QED) is 0.536. The fourth-order valence-electron chi connectivity index (χ4n) is 3.21. The third kappa shape index (κ3) is 5.21. The first-order chi connectivity index (χ1) is 13.0. The minimum absolute atomic E-state index is 0.290. The summed E-state index contributed by atoms with van der Waals surface area (Å²) in [6.07, 6.45) is 2.74. The van der Waals surface area contributed by atoms with Gasteiger partial charge in [0.2, 0.25) is 0 Å². The van der Waals surface area contributed by atoms with Gasteiger partial charge in [-0.3, -0.25) is 4.99 Å². The molecule has 1 unspecified atom stereocenters. The SMILES string of the molecule is CCNC(=NCCc1cccc(O)c1)NC1CCc2nc(C(C)C)nn2C1. The molecule has 1 aliphatic heterocycles. The van der Waals surface area contributed by atoms with Crippen molar-refractivity contribution >= 4 is 5.96 Å². The molecule has 0 amide bonds. The fourth-order valence-corrected chi connectivity index (χ4v) is 3.21. The second-order valence-corrected chi connectivity index (χ2v) is 7.28. The van der Waals surface area contributed by atoms with E-state index in [0.717, 1.165) is 55.5 Å². The highest BCUT2D eigenvalue weighted by Crippen LogP contribution is 2.17.